The van der Waals surface area contributed by atoms with Gasteiger partial charge in [-0.3, -0.25) is 0 Å². The fourth-order valence-corrected chi connectivity index (χ4v) is 3.13. The molecule has 1 aliphatic heterocycles. The van der Waals surface area contributed by atoms with E-state index in [4.69, 9.17) is 14.4 Å². The van der Waals surface area contributed by atoms with Crippen molar-refractivity contribution in [3.8, 4) is 11.8 Å². The number of halogens is 1. The standard InChI is InChI=1S/C15H12BrNO3/c1-7-11-4-9-3-10(16)6-19-13(9)8(2)14(11)20-15(18)12(7)5-17/h4,10H,3,6H2,1-2H3. The number of nitrogens with zero attached hydrogens (tertiary/aromatic N) is 1. The van der Waals surface area contributed by atoms with Crippen molar-refractivity contribution in [2.45, 2.75) is 25.1 Å². The van der Waals surface area contributed by atoms with E-state index in [0.717, 1.165) is 28.7 Å². The van der Waals surface area contributed by atoms with Gasteiger partial charge in [0.05, 0.1) is 4.83 Å². The van der Waals surface area contributed by atoms with Crippen LogP contribution in [-0.2, 0) is 6.42 Å². The van der Waals surface area contributed by atoms with Gasteiger partial charge in [-0.1, -0.05) is 15.9 Å². The Labute approximate surface area is 124 Å². The van der Waals surface area contributed by atoms with E-state index >= 15 is 0 Å². The molecule has 0 fully saturated rings. The third-order valence-corrected chi connectivity index (χ3v) is 4.26. The molecule has 0 spiro atoms. The predicted molar refractivity (Wildman–Crippen MR) is 78.6 cm³/mol. The van der Waals surface area contributed by atoms with Gasteiger partial charge in [0.1, 0.15) is 29.6 Å². The number of aryl methyl sites for hydroxylation is 2. The first-order valence-electron chi connectivity index (χ1n) is 6.29. The topological polar surface area (TPSA) is 63.2 Å². The van der Waals surface area contributed by atoms with Crippen molar-refractivity contribution in [2.24, 2.45) is 0 Å². The van der Waals surface area contributed by atoms with Gasteiger partial charge in [0.25, 0.3) is 0 Å². The third-order valence-electron chi connectivity index (χ3n) is 3.68. The SMILES string of the molecule is Cc1c(C#N)c(=O)oc2c(C)c3c(cc12)CC(Br)CO3. The number of rotatable bonds is 0. The van der Waals surface area contributed by atoms with E-state index in [1.54, 1.807) is 6.92 Å². The summed E-state index contributed by atoms with van der Waals surface area (Å²) in [6.45, 7) is 4.25. The average molecular weight is 334 g/mol. The van der Waals surface area contributed by atoms with Crippen molar-refractivity contribution in [3.05, 3.63) is 38.7 Å². The third kappa shape index (κ3) is 1.83. The Bertz CT molecular complexity index is 817. The second-order valence-electron chi connectivity index (χ2n) is 4.98. The van der Waals surface area contributed by atoms with E-state index in [9.17, 15) is 4.79 Å². The van der Waals surface area contributed by atoms with Crippen LogP contribution in [0.4, 0.5) is 0 Å². The summed E-state index contributed by atoms with van der Waals surface area (Å²) in [5, 5.41) is 9.87. The maximum atomic E-state index is 11.8. The van der Waals surface area contributed by atoms with Crippen LogP contribution in [0.1, 0.15) is 22.3 Å². The minimum Gasteiger partial charge on any atom is -0.492 e. The second kappa shape index (κ2) is 4.64. The zero-order valence-electron chi connectivity index (χ0n) is 11.1. The summed E-state index contributed by atoms with van der Waals surface area (Å²) in [5.41, 5.74) is 2.56. The average Bonchev–Trinajstić information content (AvgIpc) is 2.41. The molecule has 0 amide bonds. The lowest BCUT2D eigenvalue weighted by Crippen LogP contribution is -2.21. The minimum atomic E-state index is -0.588. The highest BCUT2D eigenvalue weighted by atomic mass is 79.9. The normalized spacial score (nSPS) is 17.4. The quantitative estimate of drug-likeness (QED) is 0.549. The highest BCUT2D eigenvalue weighted by Gasteiger charge is 2.23. The zero-order chi connectivity index (χ0) is 14.4. The molecule has 1 atom stereocenters. The van der Waals surface area contributed by atoms with Crippen LogP contribution in [0.15, 0.2) is 15.3 Å². The molecule has 2 aromatic rings. The first-order chi connectivity index (χ1) is 9.52. The summed E-state index contributed by atoms with van der Waals surface area (Å²) in [5.74, 6) is 0.792. The fraction of sp³-hybridized carbons (Fsp3) is 0.333. The molecule has 1 aromatic carbocycles. The summed E-state index contributed by atoms with van der Waals surface area (Å²) in [4.78, 5) is 12.1. The van der Waals surface area contributed by atoms with Gasteiger partial charge in [-0.05, 0) is 37.5 Å². The summed E-state index contributed by atoms with van der Waals surface area (Å²) < 4.78 is 11.1. The monoisotopic (exact) mass is 333 g/mol. The zero-order valence-corrected chi connectivity index (χ0v) is 12.7. The number of benzene rings is 1. The molecule has 2 heterocycles. The summed E-state index contributed by atoms with van der Waals surface area (Å²) in [7, 11) is 0. The van der Waals surface area contributed by atoms with Crippen LogP contribution in [0.3, 0.4) is 0 Å². The molecule has 4 nitrogen and oxygen atoms in total. The number of alkyl halides is 1. The highest BCUT2D eigenvalue weighted by molar-refractivity contribution is 9.09. The molecule has 0 N–H and O–H groups in total. The fourth-order valence-electron chi connectivity index (χ4n) is 2.65. The van der Waals surface area contributed by atoms with E-state index in [0.29, 0.717) is 17.8 Å². The van der Waals surface area contributed by atoms with Crippen molar-refractivity contribution >= 4 is 26.9 Å². The maximum Gasteiger partial charge on any atom is 0.354 e. The van der Waals surface area contributed by atoms with E-state index in [-0.39, 0.29) is 10.4 Å². The Morgan fingerprint density at radius 2 is 2.15 bits per heavy atom. The molecular weight excluding hydrogens is 322 g/mol. The van der Waals surface area contributed by atoms with Crippen molar-refractivity contribution in [1.82, 2.24) is 0 Å². The van der Waals surface area contributed by atoms with Crippen LogP contribution in [0.5, 0.6) is 5.75 Å². The lowest BCUT2D eigenvalue weighted by atomic mass is 9.96. The van der Waals surface area contributed by atoms with E-state index in [2.05, 4.69) is 15.9 Å². The smallest absolute Gasteiger partial charge is 0.354 e. The summed E-state index contributed by atoms with van der Waals surface area (Å²) in [6, 6.07) is 3.88. The van der Waals surface area contributed by atoms with Crippen LogP contribution in [0.2, 0.25) is 0 Å². The molecule has 0 aliphatic carbocycles. The van der Waals surface area contributed by atoms with E-state index in [1.165, 1.54) is 0 Å². The van der Waals surface area contributed by atoms with Crippen LogP contribution < -0.4 is 10.4 Å². The van der Waals surface area contributed by atoms with Gasteiger partial charge in [-0.25, -0.2) is 4.79 Å². The van der Waals surface area contributed by atoms with Crippen molar-refractivity contribution < 1.29 is 9.15 Å². The van der Waals surface area contributed by atoms with Gasteiger partial charge in [0.2, 0.25) is 0 Å². The van der Waals surface area contributed by atoms with Crippen LogP contribution in [0, 0.1) is 25.2 Å². The first-order valence-corrected chi connectivity index (χ1v) is 7.21. The number of ether oxygens (including phenoxy) is 1. The van der Waals surface area contributed by atoms with Crippen LogP contribution in [0.25, 0.3) is 11.0 Å². The van der Waals surface area contributed by atoms with Gasteiger partial charge < -0.3 is 9.15 Å². The van der Waals surface area contributed by atoms with E-state index < -0.39 is 5.63 Å². The van der Waals surface area contributed by atoms with Crippen molar-refractivity contribution in [1.29, 1.82) is 5.26 Å². The van der Waals surface area contributed by atoms with Crippen molar-refractivity contribution in [3.63, 3.8) is 0 Å². The first kappa shape index (κ1) is 13.2. The van der Waals surface area contributed by atoms with Crippen LogP contribution in [-0.4, -0.2) is 11.4 Å². The number of hydrogen-bond acceptors (Lipinski definition) is 4. The predicted octanol–water partition coefficient (Wildman–Crippen LogP) is 2.98. The highest BCUT2D eigenvalue weighted by Crippen LogP contribution is 2.37. The van der Waals surface area contributed by atoms with Gasteiger partial charge in [0, 0.05) is 10.9 Å². The number of nitriles is 1. The van der Waals surface area contributed by atoms with Gasteiger partial charge in [0.15, 0.2) is 0 Å². The molecule has 3 rings (SSSR count). The Morgan fingerprint density at radius 3 is 2.85 bits per heavy atom. The Morgan fingerprint density at radius 1 is 1.40 bits per heavy atom. The summed E-state index contributed by atoms with van der Waals surface area (Å²) >= 11 is 3.55. The molecule has 1 aliphatic rings. The van der Waals surface area contributed by atoms with Gasteiger partial charge in [-0.15, -0.1) is 0 Å². The van der Waals surface area contributed by atoms with E-state index in [1.807, 2.05) is 19.1 Å². The van der Waals surface area contributed by atoms with Gasteiger partial charge in [-0.2, -0.15) is 5.26 Å². The van der Waals surface area contributed by atoms with Crippen LogP contribution >= 0.6 is 15.9 Å². The maximum absolute atomic E-state index is 11.8. The largest absolute Gasteiger partial charge is 0.492 e. The molecular formula is C15H12BrNO3. The molecule has 0 radical (unpaired) electrons. The molecule has 0 saturated heterocycles. The Hall–Kier alpha value is -1.80. The molecule has 1 unspecified atom stereocenters. The minimum absolute atomic E-state index is 0.0731. The lowest BCUT2D eigenvalue weighted by Gasteiger charge is -2.24. The Balaban J connectivity index is 2.41. The molecule has 102 valence electrons. The van der Waals surface area contributed by atoms with Gasteiger partial charge >= 0.3 is 5.63 Å². The second-order valence-corrected chi connectivity index (χ2v) is 6.28. The molecule has 5 heteroatoms. The number of fused-ring (bicyclic) bond motifs is 2. The number of hydrogen-bond donors (Lipinski definition) is 0. The Kier molecular flexibility index (Phi) is 3.06. The lowest BCUT2D eigenvalue weighted by molar-refractivity contribution is 0.294. The molecule has 0 saturated carbocycles. The summed E-state index contributed by atoms with van der Waals surface area (Å²) in [6.07, 6.45) is 0.854. The molecule has 0 bridgehead atoms. The molecule has 1 aromatic heterocycles. The molecule has 20 heavy (non-hydrogen) atoms. The van der Waals surface area contributed by atoms with Crippen molar-refractivity contribution in [2.75, 3.05) is 6.61 Å².